The fraction of sp³-hybridized carbons (Fsp3) is 0.500. The van der Waals surface area contributed by atoms with E-state index in [1.807, 2.05) is 18.2 Å². The number of imidazole rings is 1. The van der Waals surface area contributed by atoms with E-state index in [4.69, 9.17) is 5.73 Å². The molecule has 1 aromatic carbocycles. The molecule has 0 radical (unpaired) electrons. The summed E-state index contributed by atoms with van der Waals surface area (Å²) in [6.07, 6.45) is 8.00. The van der Waals surface area contributed by atoms with Crippen molar-refractivity contribution in [3.8, 4) is 0 Å². The molecule has 2 aromatic rings. The van der Waals surface area contributed by atoms with E-state index in [0.717, 1.165) is 34.9 Å². The summed E-state index contributed by atoms with van der Waals surface area (Å²) in [5.74, 6) is 2.03. The monoisotopic (exact) mass is 229 g/mol. The van der Waals surface area contributed by atoms with E-state index in [2.05, 4.69) is 9.97 Å². The summed E-state index contributed by atoms with van der Waals surface area (Å²) in [6, 6.07) is 5.85. The van der Waals surface area contributed by atoms with E-state index in [-0.39, 0.29) is 0 Å². The molecule has 0 saturated heterocycles. The van der Waals surface area contributed by atoms with Gasteiger partial charge in [0.2, 0.25) is 0 Å². The minimum absolute atomic E-state index is 0.795. The molecule has 3 N–H and O–H groups in total. The first-order chi connectivity index (χ1) is 8.31. The van der Waals surface area contributed by atoms with Gasteiger partial charge in [-0.3, -0.25) is 0 Å². The van der Waals surface area contributed by atoms with Crippen LogP contribution in [0.25, 0.3) is 11.0 Å². The largest absolute Gasteiger partial charge is 0.399 e. The minimum Gasteiger partial charge on any atom is -0.399 e. The average Bonchev–Trinajstić information content (AvgIpc) is 2.94. The molecule has 0 unspecified atom stereocenters. The lowest BCUT2D eigenvalue weighted by molar-refractivity contribution is 0.498. The zero-order chi connectivity index (χ0) is 11.7. The Morgan fingerprint density at radius 1 is 1.29 bits per heavy atom. The van der Waals surface area contributed by atoms with Crippen molar-refractivity contribution in [1.82, 2.24) is 9.97 Å². The highest BCUT2D eigenvalue weighted by Crippen LogP contribution is 2.28. The Morgan fingerprint density at radius 3 is 2.94 bits per heavy atom. The van der Waals surface area contributed by atoms with Gasteiger partial charge in [0.25, 0.3) is 0 Å². The van der Waals surface area contributed by atoms with Gasteiger partial charge in [0, 0.05) is 12.1 Å². The number of nitrogen functional groups attached to an aromatic ring is 1. The third kappa shape index (κ3) is 2.28. The predicted octanol–water partition coefficient (Wildman–Crippen LogP) is 3.27. The molecule has 1 heterocycles. The number of aromatic amines is 1. The van der Waals surface area contributed by atoms with E-state index >= 15 is 0 Å². The topological polar surface area (TPSA) is 54.7 Å². The highest BCUT2D eigenvalue weighted by atomic mass is 14.9. The number of anilines is 1. The summed E-state index contributed by atoms with van der Waals surface area (Å²) in [4.78, 5) is 7.97. The fourth-order valence-corrected chi connectivity index (χ4v) is 2.84. The normalized spacial score (nSPS) is 16.9. The number of nitrogens with two attached hydrogens (primary N) is 1. The van der Waals surface area contributed by atoms with E-state index in [0.29, 0.717) is 0 Å². The molecule has 1 fully saturated rings. The van der Waals surface area contributed by atoms with Crippen molar-refractivity contribution in [2.75, 3.05) is 5.73 Å². The SMILES string of the molecule is Nc1ccc2nc(CCC3CCCC3)[nH]c2c1. The zero-order valence-corrected chi connectivity index (χ0v) is 10.1. The first-order valence-electron chi connectivity index (χ1n) is 6.55. The Kier molecular flexibility index (Phi) is 2.75. The molecule has 0 amide bonds. The second-order valence-electron chi connectivity index (χ2n) is 5.15. The zero-order valence-electron chi connectivity index (χ0n) is 10.1. The molecule has 0 aliphatic heterocycles. The lowest BCUT2D eigenvalue weighted by atomic mass is 10.0. The van der Waals surface area contributed by atoms with Crippen LogP contribution in [0.15, 0.2) is 18.2 Å². The summed E-state index contributed by atoms with van der Waals surface area (Å²) >= 11 is 0. The van der Waals surface area contributed by atoms with Gasteiger partial charge in [0.15, 0.2) is 0 Å². The number of aryl methyl sites for hydroxylation is 1. The lowest BCUT2D eigenvalue weighted by Gasteiger charge is -2.05. The molecule has 17 heavy (non-hydrogen) atoms. The average molecular weight is 229 g/mol. The van der Waals surface area contributed by atoms with E-state index in [1.54, 1.807) is 0 Å². The van der Waals surface area contributed by atoms with Crippen LogP contribution in [-0.2, 0) is 6.42 Å². The fourth-order valence-electron chi connectivity index (χ4n) is 2.84. The highest BCUT2D eigenvalue weighted by Gasteiger charge is 2.15. The van der Waals surface area contributed by atoms with Crippen LogP contribution in [0.2, 0.25) is 0 Å². The standard InChI is InChI=1S/C14H19N3/c15-11-6-7-12-13(9-11)17-14(16-12)8-5-10-3-1-2-4-10/h6-7,9-10H,1-5,8,15H2,(H,16,17). The number of hydrogen-bond donors (Lipinski definition) is 2. The second kappa shape index (κ2) is 4.40. The van der Waals surface area contributed by atoms with Crippen molar-refractivity contribution in [3.05, 3.63) is 24.0 Å². The van der Waals surface area contributed by atoms with Crippen molar-refractivity contribution in [2.24, 2.45) is 5.92 Å². The van der Waals surface area contributed by atoms with E-state index < -0.39 is 0 Å². The molecular weight excluding hydrogens is 210 g/mol. The molecule has 3 nitrogen and oxygen atoms in total. The number of rotatable bonds is 3. The van der Waals surface area contributed by atoms with Crippen molar-refractivity contribution < 1.29 is 0 Å². The first kappa shape index (κ1) is 10.6. The van der Waals surface area contributed by atoms with Gasteiger partial charge in [0.05, 0.1) is 11.0 Å². The Balaban J connectivity index is 1.72. The summed E-state index contributed by atoms with van der Waals surface area (Å²) in [5, 5.41) is 0. The molecule has 0 bridgehead atoms. The Hall–Kier alpha value is -1.51. The van der Waals surface area contributed by atoms with Gasteiger partial charge < -0.3 is 10.7 Å². The van der Waals surface area contributed by atoms with Crippen LogP contribution in [0.3, 0.4) is 0 Å². The molecule has 3 rings (SSSR count). The maximum absolute atomic E-state index is 5.76. The van der Waals surface area contributed by atoms with Crippen molar-refractivity contribution in [2.45, 2.75) is 38.5 Å². The number of benzene rings is 1. The van der Waals surface area contributed by atoms with Crippen LogP contribution < -0.4 is 5.73 Å². The van der Waals surface area contributed by atoms with Crippen molar-refractivity contribution >= 4 is 16.7 Å². The van der Waals surface area contributed by atoms with Crippen molar-refractivity contribution in [1.29, 1.82) is 0 Å². The molecule has 1 aliphatic carbocycles. The summed E-state index contributed by atoms with van der Waals surface area (Å²) in [6.45, 7) is 0. The molecule has 0 atom stereocenters. The molecule has 1 saturated carbocycles. The van der Waals surface area contributed by atoms with Gasteiger partial charge in [-0.25, -0.2) is 4.98 Å². The number of aromatic nitrogens is 2. The van der Waals surface area contributed by atoms with Crippen LogP contribution in [0.4, 0.5) is 5.69 Å². The van der Waals surface area contributed by atoms with Crippen LogP contribution in [-0.4, -0.2) is 9.97 Å². The van der Waals surface area contributed by atoms with Gasteiger partial charge in [-0.05, 0) is 30.5 Å². The van der Waals surface area contributed by atoms with E-state index in [9.17, 15) is 0 Å². The summed E-state index contributed by atoms with van der Waals surface area (Å²) in [7, 11) is 0. The van der Waals surface area contributed by atoms with Crippen LogP contribution in [0.5, 0.6) is 0 Å². The maximum atomic E-state index is 5.76. The molecule has 90 valence electrons. The molecular formula is C14H19N3. The number of hydrogen-bond acceptors (Lipinski definition) is 2. The van der Waals surface area contributed by atoms with Crippen LogP contribution in [0.1, 0.15) is 37.9 Å². The Labute approximate surface area is 101 Å². The quantitative estimate of drug-likeness (QED) is 0.794. The van der Waals surface area contributed by atoms with Gasteiger partial charge in [0.1, 0.15) is 5.82 Å². The number of H-pyrrole nitrogens is 1. The predicted molar refractivity (Wildman–Crippen MR) is 70.8 cm³/mol. The third-order valence-electron chi connectivity index (χ3n) is 3.82. The van der Waals surface area contributed by atoms with Crippen molar-refractivity contribution in [3.63, 3.8) is 0 Å². The Morgan fingerprint density at radius 2 is 2.12 bits per heavy atom. The number of nitrogens with zero attached hydrogens (tertiary/aromatic N) is 1. The lowest BCUT2D eigenvalue weighted by Crippen LogP contribution is -1.97. The smallest absolute Gasteiger partial charge is 0.107 e. The maximum Gasteiger partial charge on any atom is 0.107 e. The Bertz CT molecular complexity index is 509. The summed E-state index contributed by atoms with van der Waals surface area (Å²) in [5.41, 5.74) is 8.64. The number of fused-ring (bicyclic) bond motifs is 1. The number of nitrogens with one attached hydrogen (secondary N) is 1. The highest BCUT2D eigenvalue weighted by molar-refractivity contribution is 5.78. The molecule has 0 spiro atoms. The third-order valence-corrected chi connectivity index (χ3v) is 3.82. The van der Waals surface area contributed by atoms with Crippen LogP contribution >= 0.6 is 0 Å². The van der Waals surface area contributed by atoms with Gasteiger partial charge >= 0.3 is 0 Å². The van der Waals surface area contributed by atoms with Gasteiger partial charge in [-0.15, -0.1) is 0 Å². The first-order valence-corrected chi connectivity index (χ1v) is 6.55. The van der Waals surface area contributed by atoms with Crippen LogP contribution in [0, 0.1) is 5.92 Å². The van der Waals surface area contributed by atoms with E-state index in [1.165, 1.54) is 32.1 Å². The van der Waals surface area contributed by atoms with Gasteiger partial charge in [-0.1, -0.05) is 25.7 Å². The van der Waals surface area contributed by atoms with Gasteiger partial charge in [-0.2, -0.15) is 0 Å². The second-order valence-corrected chi connectivity index (χ2v) is 5.15. The minimum atomic E-state index is 0.795. The summed E-state index contributed by atoms with van der Waals surface area (Å²) < 4.78 is 0. The molecule has 1 aromatic heterocycles. The molecule has 3 heteroatoms. The molecule has 1 aliphatic rings.